The van der Waals surface area contributed by atoms with Gasteiger partial charge in [0.05, 0.1) is 0 Å². The van der Waals surface area contributed by atoms with E-state index in [1.54, 1.807) is 0 Å². The van der Waals surface area contributed by atoms with Gasteiger partial charge in [0.2, 0.25) is 0 Å². The minimum absolute atomic E-state index is 0.693. The minimum atomic E-state index is 0.693. The molecule has 0 spiro atoms. The van der Waals surface area contributed by atoms with Crippen molar-refractivity contribution in [1.82, 2.24) is 4.90 Å². The molecule has 0 saturated carbocycles. The van der Waals surface area contributed by atoms with E-state index < -0.39 is 0 Å². The van der Waals surface area contributed by atoms with E-state index in [1.807, 2.05) is 0 Å². The number of anilines is 1. The Morgan fingerprint density at radius 1 is 1.29 bits per heavy atom. The van der Waals surface area contributed by atoms with Gasteiger partial charge in [-0.1, -0.05) is 12.1 Å². The van der Waals surface area contributed by atoms with E-state index in [-0.39, 0.29) is 0 Å². The Morgan fingerprint density at radius 2 is 2.00 bits per heavy atom. The molecule has 17 heavy (non-hydrogen) atoms. The van der Waals surface area contributed by atoms with E-state index in [2.05, 4.69) is 48.2 Å². The Morgan fingerprint density at radius 3 is 2.53 bits per heavy atom. The fourth-order valence-electron chi connectivity index (χ4n) is 2.44. The Balaban J connectivity index is 1.99. The SMILES string of the molecule is CN(C)C1CCN(c2ccc(CCN)cc2)C1. The molecule has 3 nitrogen and oxygen atoms in total. The molecular weight excluding hydrogens is 210 g/mol. The zero-order chi connectivity index (χ0) is 12.3. The Bertz CT molecular complexity index is 345. The zero-order valence-electron chi connectivity index (χ0n) is 10.9. The van der Waals surface area contributed by atoms with Crippen LogP contribution in [-0.4, -0.2) is 44.7 Å². The molecule has 1 aliphatic rings. The van der Waals surface area contributed by atoms with E-state index >= 15 is 0 Å². The number of rotatable bonds is 4. The number of hydrogen-bond acceptors (Lipinski definition) is 3. The first-order chi connectivity index (χ1) is 8.20. The molecule has 94 valence electrons. The van der Waals surface area contributed by atoms with Gasteiger partial charge in [-0.15, -0.1) is 0 Å². The third-order valence-electron chi connectivity index (χ3n) is 3.63. The lowest BCUT2D eigenvalue weighted by atomic mass is 10.1. The summed E-state index contributed by atoms with van der Waals surface area (Å²) in [5.74, 6) is 0. The Hall–Kier alpha value is -1.06. The van der Waals surface area contributed by atoms with Crippen LogP contribution in [0.25, 0.3) is 0 Å². The van der Waals surface area contributed by atoms with Gasteiger partial charge in [0.15, 0.2) is 0 Å². The molecule has 0 aliphatic carbocycles. The van der Waals surface area contributed by atoms with E-state index in [0.717, 1.165) is 19.5 Å². The van der Waals surface area contributed by atoms with E-state index in [9.17, 15) is 0 Å². The van der Waals surface area contributed by atoms with E-state index in [0.29, 0.717) is 6.04 Å². The third kappa shape index (κ3) is 2.99. The summed E-state index contributed by atoms with van der Waals surface area (Å²) in [6.07, 6.45) is 2.23. The molecule has 3 heteroatoms. The molecule has 1 aromatic rings. The van der Waals surface area contributed by atoms with Crippen LogP contribution >= 0.6 is 0 Å². The molecule has 1 fully saturated rings. The highest BCUT2D eigenvalue weighted by atomic mass is 15.2. The van der Waals surface area contributed by atoms with Crippen molar-refractivity contribution in [2.45, 2.75) is 18.9 Å². The Labute approximate surface area is 104 Å². The maximum atomic E-state index is 5.56. The van der Waals surface area contributed by atoms with Crippen LogP contribution in [0, 0.1) is 0 Å². The van der Waals surface area contributed by atoms with E-state index in [1.165, 1.54) is 24.2 Å². The normalized spacial score (nSPS) is 20.2. The Kier molecular flexibility index (Phi) is 4.02. The molecule has 2 rings (SSSR count). The molecular formula is C14H23N3. The quantitative estimate of drug-likeness (QED) is 0.851. The molecule has 1 aromatic carbocycles. The van der Waals surface area contributed by atoms with Gasteiger partial charge in [0.1, 0.15) is 0 Å². The van der Waals surface area contributed by atoms with Gasteiger partial charge in [-0.2, -0.15) is 0 Å². The summed E-state index contributed by atoms with van der Waals surface area (Å²) in [6.45, 7) is 3.04. The van der Waals surface area contributed by atoms with Gasteiger partial charge >= 0.3 is 0 Å². The molecule has 0 amide bonds. The summed E-state index contributed by atoms with van der Waals surface area (Å²) in [6, 6.07) is 9.54. The highest BCUT2D eigenvalue weighted by Crippen LogP contribution is 2.22. The van der Waals surface area contributed by atoms with Gasteiger partial charge in [-0.3, -0.25) is 0 Å². The van der Waals surface area contributed by atoms with Crippen LogP contribution in [-0.2, 0) is 6.42 Å². The standard InChI is InChI=1S/C14H23N3/c1-16(2)14-8-10-17(11-14)13-5-3-12(4-6-13)7-9-15/h3-6,14H,7-11,15H2,1-2H3. The number of nitrogens with two attached hydrogens (primary N) is 1. The van der Waals surface area contributed by atoms with Crippen LogP contribution in [0.15, 0.2) is 24.3 Å². The molecule has 0 aromatic heterocycles. The summed E-state index contributed by atoms with van der Waals surface area (Å²) in [4.78, 5) is 4.79. The predicted octanol–water partition coefficient (Wildman–Crippen LogP) is 1.33. The lowest BCUT2D eigenvalue weighted by molar-refractivity contribution is 0.315. The monoisotopic (exact) mass is 233 g/mol. The molecule has 1 unspecified atom stereocenters. The molecule has 1 atom stereocenters. The van der Waals surface area contributed by atoms with Crippen molar-refractivity contribution in [3.63, 3.8) is 0 Å². The van der Waals surface area contributed by atoms with Gasteiger partial charge in [-0.05, 0) is 51.2 Å². The van der Waals surface area contributed by atoms with Gasteiger partial charge in [-0.25, -0.2) is 0 Å². The van der Waals surface area contributed by atoms with Crippen LogP contribution in [0.1, 0.15) is 12.0 Å². The third-order valence-corrected chi connectivity index (χ3v) is 3.63. The van der Waals surface area contributed by atoms with Crippen molar-refractivity contribution < 1.29 is 0 Å². The second-order valence-corrected chi connectivity index (χ2v) is 5.06. The average Bonchev–Trinajstić information content (AvgIpc) is 2.80. The lowest BCUT2D eigenvalue weighted by Crippen LogP contribution is -2.31. The van der Waals surface area contributed by atoms with Crippen molar-refractivity contribution in [3.05, 3.63) is 29.8 Å². The molecule has 0 bridgehead atoms. The van der Waals surface area contributed by atoms with Crippen molar-refractivity contribution in [2.24, 2.45) is 5.73 Å². The number of benzene rings is 1. The van der Waals surface area contributed by atoms with Crippen LogP contribution in [0.3, 0.4) is 0 Å². The molecule has 0 radical (unpaired) electrons. The van der Waals surface area contributed by atoms with Gasteiger partial charge < -0.3 is 15.5 Å². The maximum absolute atomic E-state index is 5.56. The summed E-state index contributed by atoms with van der Waals surface area (Å²) in [7, 11) is 4.33. The van der Waals surface area contributed by atoms with Crippen LogP contribution in [0.5, 0.6) is 0 Å². The minimum Gasteiger partial charge on any atom is -0.370 e. The van der Waals surface area contributed by atoms with Crippen LogP contribution in [0.2, 0.25) is 0 Å². The number of hydrogen-bond donors (Lipinski definition) is 1. The largest absolute Gasteiger partial charge is 0.370 e. The van der Waals surface area contributed by atoms with Gasteiger partial charge in [0.25, 0.3) is 0 Å². The van der Waals surface area contributed by atoms with E-state index in [4.69, 9.17) is 5.73 Å². The topological polar surface area (TPSA) is 32.5 Å². The molecule has 2 N–H and O–H groups in total. The first-order valence-corrected chi connectivity index (χ1v) is 6.41. The lowest BCUT2D eigenvalue weighted by Gasteiger charge is -2.22. The number of nitrogens with zero attached hydrogens (tertiary/aromatic N) is 2. The van der Waals surface area contributed by atoms with Crippen molar-refractivity contribution in [2.75, 3.05) is 38.6 Å². The predicted molar refractivity (Wildman–Crippen MR) is 73.5 cm³/mol. The fourth-order valence-corrected chi connectivity index (χ4v) is 2.44. The van der Waals surface area contributed by atoms with Crippen molar-refractivity contribution in [1.29, 1.82) is 0 Å². The smallest absolute Gasteiger partial charge is 0.0366 e. The first-order valence-electron chi connectivity index (χ1n) is 6.41. The highest BCUT2D eigenvalue weighted by Gasteiger charge is 2.23. The summed E-state index contributed by atoms with van der Waals surface area (Å²) in [5.41, 5.74) is 8.23. The molecule has 1 heterocycles. The van der Waals surface area contributed by atoms with Crippen molar-refractivity contribution >= 4 is 5.69 Å². The second-order valence-electron chi connectivity index (χ2n) is 5.06. The fraction of sp³-hybridized carbons (Fsp3) is 0.571. The molecule has 1 aliphatic heterocycles. The summed E-state index contributed by atoms with van der Waals surface area (Å²) >= 11 is 0. The average molecular weight is 233 g/mol. The zero-order valence-corrected chi connectivity index (χ0v) is 10.9. The first kappa shape index (κ1) is 12.4. The van der Waals surface area contributed by atoms with Crippen LogP contribution < -0.4 is 10.6 Å². The second kappa shape index (κ2) is 5.52. The summed E-state index contributed by atoms with van der Waals surface area (Å²) < 4.78 is 0. The highest BCUT2D eigenvalue weighted by molar-refractivity contribution is 5.48. The number of likely N-dealkylation sites (N-methyl/N-ethyl adjacent to an activating group) is 1. The summed E-state index contributed by atoms with van der Waals surface area (Å²) in [5, 5.41) is 0. The van der Waals surface area contributed by atoms with Crippen LogP contribution in [0.4, 0.5) is 5.69 Å². The van der Waals surface area contributed by atoms with Gasteiger partial charge in [0, 0.05) is 24.8 Å². The maximum Gasteiger partial charge on any atom is 0.0366 e. The molecule has 1 saturated heterocycles. The van der Waals surface area contributed by atoms with Crippen molar-refractivity contribution in [3.8, 4) is 0 Å².